The molecule has 1 aliphatic rings. The molecular weight excluding hydrogens is 174 g/mol. The summed E-state index contributed by atoms with van der Waals surface area (Å²) in [5, 5.41) is 13.2. The molecule has 14 heavy (non-hydrogen) atoms. The van der Waals surface area contributed by atoms with Crippen LogP contribution in [0.1, 0.15) is 30.4 Å². The van der Waals surface area contributed by atoms with Crippen LogP contribution < -0.4 is 5.32 Å². The Kier molecular flexibility index (Phi) is 2.36. The van der Waals surface area contributed by atoms with Gasteiger partial charge in [-0.2, -0.15) is 0 Å². The van der Waals surface area contributed by atoms with E-state index < -0.39 is 0 Å². The van der Waals surface area contributed by atoms with Crippen LogP contribution in [-0.4, -0.2) is 11.1 Å². The van der Waals surface area contributed by atoms with E-state index in [4.69, 9.17) is 0 Å². The molecule has 0 heterocycles. The largest absolute Gasteiger partial charge is 0.507 e. The molecule has 1 fully saturated rings. The van der Waals surface area contributed by atoms with E-state index in [0.717, 1.165) is 16.8 Å². The molecule has 2 heteroatoms. The summed E-state index contributed by atoms with van der Waals surface area (Å²) in [7, 11) is 0. The van der Waals surface area contributed by atoms with Gasteiger partial charge in [-0.1, -0.05) is 6.07 Å². The highest BCUT2D eigenvalue weighted by atomic mass is 16.3. The van der Waals surface area contributed by atoms with Crippen LogP contribution >= 0.6 is 0 Å². The van der Waals surface area contributed by atoms with Crippen molar-refractivity contribution in [2.75, 3.05) is 5.32 Å². The number of hydrogen-bond acceptors (Lipinski definition) is 2. The smallest absolute Gasteiger partial charge is 0.123 e. The first-order valence-corrected chi connectivity index (χ1v) is 5.24. The lowest BCUT2D eigenvalue weighted by Crippen LogP contribution is -2.27. The molecule has 2 nitrogen and oxygen atoms in total. The summed E-state index contributed by atoms with van der Waals surface area (Å²) in [6, 6.07) is 4.64. The Hall–Kier alpha value is -1.18. The molecule has 76 valence electrons. The minimum atomic E-state index is 0.425. The van der Waals surface area contributed by atoms with E-state index in [0.29, 0.717) is 11.8 Å². The van der Waals surface area contributed by atoms with Crippen molar-refractivity contribution in [3.8, 4) is 5.75 Å². The molecule has 0 amide bonds. The van der Waals surface area contributed by atoms with Crippen LogP contribution in [0.3, 0.4) is 0 Å². The predicted molar refractivity (Wildman–Crippen MR) is 58.8 cm³/mol. The van der Waals surface area contributed by atoms with Crippen LogP contribution in [-0.2, 0) is 0 Å². The van der Waals surface area contributed by atoms with Crippen molar-refractivity contribution in [1.82, 2.24) is 0 Å². The fourth-order valence-electron chi connectivity index (χ4n) is 1.76. The van der Waals surface area contributed by atoms with Crippen LogP contribution in [0.2, 0.25) is 0 Å². The highest BCUT2D eigenvalue weighted by Crippen LogP contribution is 2.31. The monoisotopic (exact) mass is 191 g/mol. The first kappa shape index (κ1) is 9.38. The van der Waals surface area contributed by atoms with E-state index in [2.05, 4.69) is 11.4 Å². The summed E-state index contributed by atoms with van der Waals surface area (Å²) < 4.78 is 0. The Labute approximate surface area is 85.0 Å². The molecule has 0 radical (unpaired) electrons. The molecular formula is C12H17NO. The summed E-state index contributed by atoms with van der Waals surface area (Å²) in [6.07, 6.45) is 3.84. The minimum Gasteiger partial charge on any atom is -0.507 e. The maximum absolute atomic E-state index is 9.75. The maximum Gasteiger partial charge on any atom is 0.123 e. The fourth-order valence-corrected chi connectivity index (χ4v) is 1.76. The van der Waals surface area contributed by atoms with Gasteiger partial charge in [0.25, 0.3) is 0 Å². The second-order valence-corrected chi connectivity index (χ2v) is 4.18. The second kappa shape index (κ2) is 3.52. The van der Waals surface area contributed by atoms with Crippen molar-refractivity contribution in [3.63, 3.8) is 0 Å². The lowest BCUT2D eigenvalue weighted by molar-refractivity contribution is 0.443. The molecule has 2 N–H and O–H groups in total. The van der Waals surface area contributed by atoms with Gasteiger partial charge in [-0.3, -0.25) is 0 Å². The van der Waals surface area contributed by atoms with E-state index in [1.54, 1.807) is 0 Å². The summed E-state index contributed by atoms with van der Waals surface area (Å²) in [5.41, 5.74) is 3.00. The number of nitrogens with one attached hydrogen (secondary N) is 1. The summed E-state index contributed by atoms with van der Waals surface area (Å²) >= 11 is 0. The zero-order valence-electron chi connectivity index (χ0n) is 8.80. The molecule has 0 unspecified atom stereocenters. The van der Waals surface area contributed by atoms with E-state index in [1.165, 1.54) is 19.3 Å². The SMILES string of the molecule is Cc1ccc(NC2CCC2)c(C)c1O. The van der Waals surface area contributed by atoms with Gasteiger partial charge in [-0.25, -0.2) is 0 Å². The van der Waals surface area contributed by atoms with Gasteiger partial charge in [0.2, 0.25) is 0 Å². The van der Waals surface area contributed by atoms with Crippen molar-refractivity contribution < 1.29 is 5.11 Å². The number of hydrogen-bond donors (Lipinski definition) is 2. The van der Waals surface area contributed by atoms with Crippen LogP contribution in [0, 0.1) is 13.8 Å². The van der Waals surface area contributed by atoms with Gasteiger partial charge in [0, 0.05) is 17.3 Å². The molecule has 0 aromatic heterocycles. The van der Waals surface area contributed by atoms with Crippen LogP contribution in [0.15, 0.2) is 12.1 Å². The van der Waals surface area contributed by atoms with Gasteiger partial charge in [-0.15, -0.1) is 0 Å². The quantitative estimate of drug-likeness (QED) is 0.753. The van der Waals surface area contributed by atoms with Crippen LogP contribution in [0.25, 0.3) is 0 Å². The first-order chi connectivity index (χ1) is 6.68. The molecule has 1 aromatic carbocycles. The zero-order chi connectivity index (χ0) is 10.1. The minimum absolute atomic E-state index is 0.425. The highest BCUT2D eigenvalue weighted by molar-refractivity contribution is 5.59. The summed E-state index contributed by atoms with van der Waals surface area (Å²) in [5.74, 6) is 0.425. The average Bonchev–Trinajstić information content (AvgIpc) is 2.10. The number of aryl methyl sites for hydroxylation is 1. The molecule has 0 saturated heterocycles. The number of phenols is 1. The molecule has 0 bridgehead atoms. The maximum atomic E-state index is 9.75. The zero-order valence-corrected chi connectivity index (χ0v) is 8.80. The standard InChI is InChI=1S/C12H17NO/c1-8-6-7-11(9(2)12(8)14)13-10-4-3-5-10/h6-7,10,13-14H,3-5H2,1-2H3. The summed E-state index contributed by atoms with van der Waals surface area (Å²) in [4.78, 5) is 0. The van der Waals surface area contributed by atoms with Crippen molar-refractivity contribution >= 4 is 5.69 Å². The molecule has 0 aliphatic heterocycles. The van der Waals surface area contributed by atoms with Crippen LogP contribution in [0.4, 0.5) is 5.69 Å². The molecule has 0 spiro atoms. The van der Waals surface area contributed by atoms with E-state index in [9.17, 15) is 5.11 Å². The van der Waals surface area contributed by atoms with Crippen molar-refractivity contribution in [3.05, 3.63) is 23.3 Å². The molecule has 1 aliphatic carbocycles. The topological polar surface area (TPSA) is 32.3 Å². The normalized spacial score (nSPS) is 16.4. The van der Waals surface area contributed by atoms with Gasteiger partial charge < -0.3 is 10.4 Å². The fraction of sp³-hybridized carbons (Fsp3) is 0.500. The van der Waals surface area contributed by atoms with Gasteiger partial charge in [0.05, 0.1) is 0 Å². The predicted octanol–water partition coefficient (Wildman–Crippen LogP) is 2.97. The first-order valence-electron chi connectivity index (χ1n) is 5.24. The Balaban J connectivity index is 2.20. The number of rotatable bonds is 2. The average molecular weight is 191 g/mol. The third kappa shape index (κ3) is 1.57. The van der Waals surface area contributed by atoms with E-state index in [-0.39, 0.29) is 0 Å². The van der Waals surface area contributed by atoms with Crippen molar-refractivity contribution in [2.24, 2.45) is 0 Å². The van der Waals surface area contributed by atoms with Crippen molar-refractivity contribution in [1.29, 1.82) is 0 Å². The van der Waals surface area contributed by atoms with Gasteiger partial charge in [-0.05, 0) is 44.7 Å². The lowest BCUT2D eigenvalue weighted by Gasteiger charge is -2.28. The number of aromatic hydroxyl groups is 1. The number of benzene rings is 1. The Bertz CT molecular complexity index is 342. The summed E-state index contributed by atoms with van der Waals surface area (Å²) in [6.45, 7) is 3.89. The molecule has 1 saturated carbocycles. The number of anilines is 1. The van der Waals surface area contributed by atoms with E-state index in [1.807, 2.05) is 19.9 Å². The Morgan fingerprint density at radius 1 is 1.29 bits per heavy atom. The number of phenolic OH excluding ortho intramolecular Hbond substituents is 1. The van der Waals surface area contributed by atoms with Gasteiger partial charge >= 0.3 is 0 Å². The third-order valence-corrected chi connectivity index (χ3v) is 3.10. The highest BCUT2D eigenvalue weighted by Gasteiger charge is 2.18. The molecule has 0 atom stereocenters. The third-order valence-electron chi connectivity index (χ3n) is 3.10. The Morgan fingerprint density at radius 3 is 2.57 bits per heavy atom. The van der Waals surface area contributed by atoms with Gasteiger partial charge in [0.15, 0.2) is 0 Å². The Morgan fingerprint density at radius 2 is 2.00 bits per heavy atom. The second-order valence-electron chi connectivity index (χ2n) is 4.18. The lowest BCUT2D eigenvalue weighted by atomic mass is 9.92. The van der Waals surface area contributed by atoms with E-state index >= 15 is 0 Å². The van der Waals surface area contributed by atoms with Crippen molar-refractivity contribution in [2.45, 2.75) is 39.2 Å². The van der Waals surface area contributed by atoms with Gasteiger partial charge in [0.1, 0.15) is 5.75 Å². The van der Waals surface area contributed by atoms with Crippen LogP contribution in [0.5, 0.6) is 5.75 Å². The molecule has 2 rings (SSSR count). The molecule has 1 aromatic rings.